The molecule has 6 nitrogen and oxygen atoms in total. The van der Waals surface area contributed by atoms with Gasteiger partial charge in [-0.05, 0) is 13.5 Å². The average Bonchev–Trinajstić information content (AvgIpc) is 2.54. The van der Waals surface area contributed by atoms with Gasteiger partial charge in [-0.2, -0.15) is 0 Å². The Bertz CT molecular complexity index is 361. The molecule has 0 bridgehead atoms. The Morgan fingerprint density at radius 1 is 0.893 bits per heavy atom. The van der Waals surface area contributed by atoms with Gasteiger partial charge in [0.15, 0.2) is 0 Å². The second-order valence-electron chi connectivity index (χ2n) is 7.37. The maximum absolute atomic E-state index is 10.4. The summed E-state index contributed by atoms with van der Waals surface area (Å²) in [4.78, 5) is 22.5. The van der Waals surface area contributed by atoms with Crippen molar-refractivity contribution >= 4 is 7.82 Å². The smallest absolute Gasteiger partial charge is 0.790 e. The van der Waals surface area contributed by atoms with Gasteiger partial charge in [0, 0.05) is 13.1 Å². The number of aliphatic hydroxyl groups is 1. The first-order chi connectivity index (χ1) is 12.3. The summed E-state index contributed by atoms with van der Waals surface area (Å²) in [6.45, 7) is 2.86. The molecule has 0 radical (unpaired) electrons. The molecule has 9 heteroatoms. The van der Waals surface area contributed by atoms with Crippen molar-refractivity contribution in [3.05, 3.63) is 0 Å². The van der Waals surface area contributed by atoms with E-state index in [1.165, 1.54) is 64.2 Å². The number of nitrogens with zero attached hydrogens (tertiary/aromatic N) is 1. The van der Waals surface area contributed by atoms with E-state index in [0.29, 0.717) is 13.1 Å². The Labute approximate surface area is 258 Å². The van der Waals surface area contributed by atoms with E-state index in [1.807, 2.05) is 0 Å². The molecule has 0 heterocycles. The van der Waals surface area contributed by atoms with Crippen molar-refractivity contribution in [3.63, 3.8) is 0 Å². The van der Waals surface area contributed by atoms with Gasteiger partial charge in [-0.15, -0.1) is 0 Å². The first kappa shape index (κ1) is 35.9. The normalized spacial score (nSPS) is 12.5. The fourth-order valence-electron chi connectivity index (χ4n) is 3.07. The zero-order valence-electron chi connectivity index (χ0n) is 18.9. The summed E-state index contributed by atoms with van der Waals surface area (Å²) in [7, 11) is -3.11. The molecule has 0 aromatic carbocycles. The van der Waals surface area contributed by atoms with Crippen LogP contribution in [0.15, 0.2) is 0 Å². The Morgan fingerprint density at radius 2 is 1.32 bits per heavy atom. The number of aliphatic hydroxyl groups excluding tert-OH is 1. The minimum atomic E-state index is -4.89. The fraction of sp³-hybridized carbons (Fsp3) is 1.00. The van der Waals surface area contributed by atoms with Crippen LogP contribution >= 0.6 is 7.82 Å². The van der Waals surface area contributed by atoms with Crippen LogP contribution in [0.5, 0.6) is 0 Å². The summed E-state index contributed by atoms with van der Waals surface area (Å²) in [6.07, 6.45) is 15.9. The first-order valence-electron chi connectivity index (χ1n) is 10.4. The molecule has 0 fully saturated rings. The molecular formula is C19H40K2NO5P. The number of unbranched alkanes of at least 4 members (excludes halogenated alkanes) is 11. The molecule has 0 aromatic rings. The molecule has 0 amide bonds. The zero-order chi connectivity index (χ0) is 19.7. The van der Waals surface area contributed by atoms with Crippen LogP contribution in [-0.4, -0.2) is 42.9 Å². The number of rotatable bonds is 19. The predicted octanol–water partition coefficient (Wildman–Crippen LogP) is -2.78. The van der Waals surface area contributed by atoms with E-state index < -0.39 is 13.9 Å². The van der Waals surface area contributed by atoms with E-state index in [2.05, 4.69) is 11.4 Å². The SMILES string of the molecule is CCCCCCCCCCCCCCC(O)CN(C)CCOP(=O)([O-])[O-].[K+].[K+]. The van der Waals surface area contributed by atoms with Crippen LogP contribution < -0.4 is 113 Å². The molecule has 0 rings (SSSR count). The van der Waals surface area contributed by atoms with E-state index >= 15 is 0 Å². The largest absolute Gasteiger partial charge is 1.00 e. The van der Waals surface area contributed by atoms with Crippen LogP contribution in [-0.2, 0) is 9.09 Å². The molecule has 1 N–H and O–H groups in total. The number of hydrogen-bond acceptors (Lipinski definition) is 6. The second kappa shape index (κ2) is 24.9. The molecular weight excluding hydrogens is 431 g/mol. The van der Waals surface area contributed by atoms with Gasteiger partial charge in [0.2, 0.25) is 0 Å². The topological polar surface area (TPSA) is 95.9 Å². The number of likely N-dealkylation sites (N-methyl/N-ethyl adjacent to an activating group) is 1. The zero-order valence-corrected chi connectivity index (χ0v) is 26.0. The molecule has 0 aliphatic carbocycles. The maximum Gasteiger partial charge on any atom is 1.00 e. The van der Waals surface area contributed by atoms with Gasteiger partial charge >= 0.3 is 103 Å². The van der Waals surface area contributed by atoms with Crippen LogP contribution in [0.4, 0.5) is 0 Å². The summed E-state index contributed by atoms with van der Waals surface area (Å²) in [5, 5.41) is 9.98. The summed E-state index contributed by atoms with van der Waals surface area (Å²) in [5.74, 6) is 0. The standard InChI is InChI=1S/C19H42NO5P.2K/c1-3-4-5-6-7-8-9-10-11-12-13-14-15-19(21)18-20(2)16-17-25-26(22,23)24;;/h19,21H,3-18H2,1-2H3,(H2,22,23,24);;/q;2*+1/p-2. The van der Waals surface area contributed by atoms with Gasteiger partial charge in [0.1, 0.15) is 0 Å². The predicted molar refractivity (Wildman–Crippen MR) is 103 cm³/mol. The Hall–Kier alpha value is 3.30. The van der Waals surface area contributed by atoms with Crippen molar-refractivity contribution in [2.24, 2.45) is 0 Å². The Balaban J connectivity index is -0.00000312. The van der Waals surface area contributed by atoms with Crippen LogP contribution in [0.25, 0.3) is 0 Å². The van der Waals surface area contributed by atoms with E-state index in [1.54, 1.807) is 11.9 Å². The Morgan fingerprint density at radius 3 is 1.75 bits per heavy atom. The average molecular weight is 472 g/mol. The van der Waals surface area contributed by atoms with E-state index in [-0.39, 0.29) is 109 Å². The van der Waals surface area contributed by atoms with Gasteiger partial charge in [0.05, 0.1) is 20.5 Å². The third-order valence-electron chi connectivity index (χ3n) is 4.64. The third kappa shape index (κ3) is 29.3. The molecule has 0 saturated heterocycles. The van der Waals surface area contributed by atoms with Crippen molar-refractivity contribution < 1.29 is 127 Å². The van der Waals surface area contributed by atoms with Gasteiger partial charge in [-0.25, -0.2) is 0 Å². The van der Waals surface area contributed by atoms with Crippen LogP contribution in [0, 0.1) is 0 Å². The molecule has 0 aromatic heterocycles. The molecule has 1 unspecified atom stereocenters. The van der Waals surface area contributed by atoms with E-state index in [0.717, 1.165) is 19.3 Å². The Kier molecular flexibility index (Phi) is 32.0. The van der Waals surface area contributed by atoms with Crippen molar-refractivity contribution in [3.8, 4) is 0 Å². The van der Waals surface area contributed by atoms with Crippen molar-refractivity contribution in [1.29, 1.82) is 0 Å². The molecule has 0 aliphatic heterocycles. The number of phosphoric acid groups is 1. The summed E-state index contributed by atoms with van der Waals surface area (Å²) in [6, 6.07) is 0. The summed E-state index contributed by atoms with van der Waals surface area (Å²) in [5.41, 5.74) is 0. The number of hydrogen-bond donors (Lipinski definition) is 1. The minimum Gasteiger partial charge on any atom is -0.790 e. The van der Waals surface area contributed by atoms with E-state index in [4.69, 9.17) is 0 Å². The van der Waals surface area contributed by atoms with Gasteiger partial charge < -0.3 is 28.9 Å². The van der Waals surface area contributed by atoms with Crippen molar-refractivity contribution in [2.75, 3.05) is 26.7 Å². The van der Waals surface area contributed by atoms with Gasteiger partial charge in [-0.1, -0.05) is 84.0 Å². The van der Waals surface area contributed by atoms with Gasteiger partial charge in [-0.3, -0.25) is 0 Å². The quantitative estimate of drug-likeness (QED) is 0.124. The first-order valence-corrected chi connectivity index (χ1v) is 11.8. The summed E-state index contributed by atoms with van der Waals surface area (Å²) >= 11 is 0. The molecule has 28 heavy (non-hydrogen) atoms. The fourth-order valence-corrected chi connectivity index (χ4v) is 3.38. The molecule has 0 spiro atoms. The minimum absolute atomic E-state index is 0. The molecule has 158 valence electrons. The second-order valence-corrected chi connectivity index (χ2v) is 8.53. The maximum atomic E-state index is 10.4. The molecule has 0 saturated carbocycles. The van der Waals surface area contributed by atoms with Crippen LogP contribution in [0.3, 0.4) is 0 Å². The molecule has 0 aliphatic rings. The monoisotopic (exact) mass is 471 g/mol. The number of phosphoric ester groups is 1. The van der Waals surface area contributed by atoms with E-state index in [9.17, 15) is 19.5 Å². The van der Waals surface area contributed by atoms with Crippen LogP contribution in [0.1, 0.15) is 90.4 Å². The van der Waals surface area contributed by atoms with Gasteiger partial charge in [0.25, 0.3) is 0 Å². The summed E-state index contributed by atoms with van der Waals surface area (Å²) < 4.78 is 14.5. The van der Waals surface area contributed by atoms with Crippen molar-refractivity contribution in [2.45, 2.75) is 96.5 Å². The third-order valence-corrected chi connectivity index (χ3v) is 5.13. The molecule has 1 atom stereocenters. The van der Waals surface area contributed by atoms with Crippen molar-refractivity contribution in [1.82, 2.24) is 4.90 Å². The van der Waals surface area contributed by atoms with Crippen LogP contribution in [0.2, 0.25) is 0 Å².